The van der Waals surface area contributed by atoms with Crippen LogP contribution in [0.1, 0.15) is 13.3 Å². The zero-order valence-electron chi connectivity index (χ0n) is 12.0. The van der Waals surface area contributed by atoms with Crippen molar-refractivity contribution in [3.63, 3.8) is 0 Å². The van der Waals surface area contributed by atoms with Gasteiger partial charge in [0.05, 0.1) is 17.3 Å². The minimum Gasteiger partial charge on any atom is -0.481 e. The number of carboxylic acids is 1. The monoisotopic (exact) mass is 279 g/mol. The number of rotatable bonds is 6. The van der Waals surface area contributed by atoms with Gasteiger partial charge in [-0.1, -0.05) is 19.1 Å². The Kier molecular flexibility index (Phi) is 5.83. The maximum Gasteiger partial charge on any atom is 0.319 e. The molecular weight excluding hydrogens is 258 g/mol. The van der Waals surface area contributed by atoms with Gasteiger partial charge in [0.1, 0.15) is 0 Å². The van der Waals surface area contributed by atoms with Crippen molar-refractivity contribution in [2.24, 2.45) is 5.92 Å². The quantitative estimate of drug-likeness (QED) is 0.743. The Balaban J connectivity index is 2.61. The van der Waals surface area contributed by atoms with Gasteiger partial charge in [-0.15, -0.1) is 0 Å². The number of carbonyl (C=O) groups excluding carboxylic acids is 1. The van der Waals surface area contributed by atoms with E-state index in [1.807, 2.05) is 37.2 Å². The van der Waals surface area contributed by atoms with Gasteiger partial charge >= 0.3 is 12.0 Å². The molecular formula is C14H21N3O3. The Morgan fingerprint density at radius 3 is 2.50 bits per heavy atom. The van der Waals surface area contributed by atoms with E-state index in [-0.39, 0.29) is 6.54 Å². The number of nitrogens with one attached hydrogen (secondary N) is 2. The van der Waals surface area contributed by atoms with E-state index in [4.69, 9.17) is 5.11 Å². The van der Waals surface area contributed by atoms with E-state index in [2.05, 4.69) is 10.6 Å². The number of carbonyl (C=O) groups is 2. The average molecular weight is 279 g/mol. The second-order valence-electron chi connectivity index (χ2n) is 4.69. The number of para-hydroxylation sites is 2. The molecule has 0 aliphatic heterocycles. The van der Waals surface area contributed by atoms with Crippen LogP contribution in [0, 0.1) is 5.92 Å². The summed E-state index contributed by atoms with van der Waals surface area (Å²) in [4.78, 5) is 24.6. The SMILES string of the molecule is CCC(CNC(=O)Nc1ccccc1N(C)C)C(=O)O. The number of nitrogens with zero attached hydrogens (tertiary/aromatic N) is 1. The fraction of sp³-hybridized carbons (Fsp3) is 0.429. The molecule has 6 nitrogen and oxygen atoms in total. The lowest BCUT2D eigenvalue weighted by Gasteiger charge is -2.18. The number of urea groups is 1. The smallest absolute Gasteiger partial charge is 0.319 e. The Labute approximate surface area is 118 Å². The second-order valence-corrected chi connectivity index (χ2v) is 4.69. The number of aliphatic carboxylic acids is 1. The molecule has 0 saturated carbocycles. The number of amides is 2. The van der Waals surface area contributed by atoms with Crippen LogP contribution in [0.4, 0.5) is 16.2 Å². The third-order valence-electron chi connectivity index (χ3n) is 2.99. The first kappa shape index (κ1) is 15.8. The molecule has 2 amide bonds. The molecule has 0 aliphatic carbocycles. The normalized spacial score (nSPS) is 11.6. The molecule has 0 aromatic heterocycles. The molecule has 1 rings (SSSR count). The number of benzene rings is 1. The van der Waals surface area contributed by atoms with E-state index >= 15 is 0 Å². The van der Waals surface area contributed by atoms with Gasteiger partial charge in [0.2, 0.25) is 0 Å². The second kappa shape index (κ2) is 7.37. The van der Waals surface area contributed by atoms with E-state index in [0.29, 0.717) is 12.1 Å². The van der Waals surface area contributed by atoms with Crippen LogP contribution in [-0.4, -0.2) is 37.7 Å². The number of hydrogen-bond acceptors (Lipinski definition) is 3. The fourth-order valence-corrected chi connectivity index (χ4v) is 1.76. The number of hydrogen-bond donors (Lipinski definition) is 3. The van der Waals surface area contributed by atoms with E-state index < -0.39 is 17.9 Å². The summed E-state index contributed by atoms with van der Waals surface area (Å²) < 4.78 is 0. The zero-order chi connectivity index (χ0) is 15.1. The molecule has 1 aromatic rings. The Hall–Kier alpha value is -2.24. The molecule has 110 valence electrons. The van der Waals surface area contributed by atoms with Crippen LogP contribution in [0.2, 0.25) is 0 Å². The topological polar surface area (TPSA) is 81.7 Å². The minimum atomic E-state index is -0.901. The van der Waals surface area contributed by atoms with E-state index in [9.17, 15) is 9.59 Å². The van der Waals surface area contributed by atoms with Crippen LogP contribution in [0.3, 0.4) is 0 Å². The lowest BCUT2D eigenvalue weighted by atomic mass is 10.1. The highest BCUT2D eigenvalue weighted by atomic mass is 16.4. The number of carboxylic acid groups (broad SMARTS) is 1. The summed E-state index contributed by atoms with van der Waals surface area (Å²) in [5, 5.41) is 14.2. The highest BCUT2D eigenvalue weighted by molar-refractivity contribution is 5.93. The molecule has 0 heterocycles. The van der Waals surface area contributed by atoms with Gasteiger partial charge in [-0.2, -0.15) is 0 Å². The first-order chi connectivity index (χ1) is 9.45. The molecule has 1 unspecified atom stereocenters. The zero-order valence-corrected chi connectivity index (χ0v) is 12.0. The van der Waals surface area contributed by atoms with Gasteiger partial charge in [0.25, 0.3) is 0 Å². The highest BCUT2D eigenvalue weighted by Gasteiger charge is 2.16. The van der Waals surface area contributed by atoms with Crippen LogP contribution >= 0.6 is 0 Å². The maximum absolute atomic E-state index is 11.8. The van der Waals surface area contributed by atoms with Gasteiger partial charge in [-0.25, -0.2) is 4.79 Å². The van der Waals surface area contributed by atoms with Crippen LogP contribution in [-0.2, 0) is 4.79 Å². The lowest BCUT2D eigenvalue weighted by molar-refractivity contribution is -0.141. The molecule has 1 aromatic carbocycles. The molecule has 0 bridgehead atoms. The van der Waals surface area contributed by atoms with Gasteiger partial charge in [0.15, 0.2) is 0 Å². The van der Waals surface area contributed by atoms with Crippen molar-refractivity contribution in [2.45, 2.75) is 13.3 Å². The first-order valence-electron chi connectivity index (χ1n) is 6.49. The fourth-order valence-electron chi connectivity index (χ4n) is 1.76. The van der Waals surface area contributed by atoms with Crippen molar-refractivity contribution in [1.29, 1.82) is 0 Å². The van der Waals surface area contributed by atoms with Crippen molar-refractivity contribution in [1.82, 2.24) is 5.32 Å². The van der Waals surface area contributed by atoms with Gasteiger partial charge in [0, 0.05) is 20.6 Å². The van der Waals surface area contributed by atoms with Gasteiger partial charge < -0.3 is 20.6 Å². The molecule has 0 aliphatic rings. The molecule has 6 heteroatoms. The molecule has 3 N–H and O–H groups in total. The molecule has 0 fully saturated rings. The van der Waals surface area contributed by atoms with Crippen molar-refractivity contribution < 1.29 is 14.7 Å². The van der Waals surface area contributed by atoms with E-state index in [0.717, 1.165) is 5.69 Å². The first-order valence-corrected chi connectivity index (χ1v) is 6.49. The number of anilines is 2. The highest BCUT2D eigenvalue weighted by Crippen LogP contribution is 2.23. The minimum absolute atomic E-state index is 0.113. The van der Waals surface area contributed by atoms with Crippen molar-refractivity contribution in [3.8, 4) is 0 Å². The van der Waals surface area contributed by atoms with E-state index in [1.54, 1.807) is 13.0 Å². The average Bonchev–Trinajstić information content (AvgIpc) is 2.39. The molecule has 1 atom stereocenters. The van der Waals surface area contributed by atoms with Crippen molar-refractivity contribution in [2.75, 3.05) is 30.9 Å². The molecule has 0 saturated heterocycles. The predicted octanol–water partition coefficient (Wildman–Crippen LogP) is 1.98. The predicted molar refractivity (Wildman–Crippen MR) is 79.2 cm³/mol. The van der Waals surface area contributed by atoms with Crippen LogP contribution in [0.5, 0.6) is 0 Å². The van der Waals surface area contributed by atoms with Crippen molar-refractivity contribution in [3.05, 3.63) is 24.3 Å². The Morgan fingerprint density at radius 2 is 1.95 bits per heavy atom. The van der Waals surface area contributed by atoms with Crippen molar-refractivity contribution >= 4 is 23.4 Å². The molecule has 0 radical (unpaired) electrons. The maximum atomic E-state index is 11.8. The summed E-state index contributed by atoms with van der Waals surface area (Å²) >= 11 is 0. The van der Waals surface area contributed by atoms with E-state index in [1.165, 1.54) is 0 Å². The largest absolute Gasteiger partial charge is 0.481 e. The van der Waals surface area contributed by atoms with Gasteiger partial charge in [-0.3, -0.25) is 4.79 Å². The molecule has 0 spiro atoms. The Bertz CT molecular complexity index is 474. The summed E-state index contributed by atoms with van der Waals surface area (Å²) in [7, 11) is 3.77. The Morgan fingerprint density at radius 1 is 1.30 bits per heavy atom. The molecule has 20 heavy (non-hydrogen) atoms. The third kappa shape index (κ3) is 4.46. The van der Waals surface area contributed by atoms with Crippen LogP contribution in [0.25, 0.3) is 0 Å². The summed E-state index contributed by atoms with van der Waals surface area (Å²) in [5.74, 6) is -1.47. The third-order valence-corrected chi connectivity index (χ3v) is 2.99. The van der Waals surface area contributed by atoms with Crippen LogP contribution < -0.4 is 15.5 Å². The van der Waals surface area contributed by atoms with Gasteiger partial charge in [-0.05, 0) is 18.6 Å². The van der Waals surface area contributed by atoms with Crippen LogP contribution in [0.15, 0.2) is 24.3 Å². The summed E-state index contributed by atoms with van der Waals surface area (Å²) in [6.07, 6.45) is 0.476. The lowest BCUT2D eigenvalue weighted by Crippen LogP contribution is -2.35. The summed E-state index contributed by atoms with van der Waals surface area (Å²) in [6, 6.07) is 6.99. The standard InChI is InChI=1S/C14H21N3O3/c1-4-10(13(18)19)9-15-14(20)16-11-7-5-6-8-12(11)17(2)3/h5-8,10H,4,9H2,1-3H3,(H,18,19)(H2,15,16,20). The summed E-state index contributed by atoms with van der Waals surface area (Å²) in [5.41, 5.74) is 1.56. The summed E-state index contributed by atoms with van der Waals surface area (Å²) in [6.45, 7) is 1.89.